The van der Waals surface area contributed by atoms with E-state index < -0.39 is 0 Å². The molecular weight excluding hydrogens is 412 g/mol. The number of fused-ring (bicyclic) bond motifs is 2. The summed E-state index contributed by atoms with van der Waals surface area (Å²) in [4.78, 5) is 43.3. The summed E-state index contributed by atoms with van der Waals surface area (Å²) in [6.45, 7) is 5.63. The maximum atomic E-state index is 12.6. The van der Waals surface area contributed by atoms with Gasteiger partial charge in [-0.15, -0.1) is 11.3 Å². The lowest BCUT2D eigenvalue weighted by Gasteiger charge is -2.36. The van der Waals surface area contributed by atoms with Gasteiger partial charge in [-0.1, -0.05) is 12.5 Å². The number of anilines is 2. The Labute approximate surface area is 186 Å². The van der Waals surface area contributed by atoms with Gasteiger partial charge in [0.2, 0.25) is 5.91 Å². The smallest absolute Gasteiger partial charge is 0.309 e. The van der Waals surface area contributed by atoms with Gasteiger partial charge in [0.05, 0.1) is 17.3 Å². The first-order valence-corrected chi connectivity index (χ1v) is 11.7. The highest BCUT2D eigenvalue weighted by molar-refractivity contribution is 7.14. The van der Waals surface area contributed by atoms with Crippen molar-refractivity contribution in [1.82, 2.24) is 4.98 Å². The van der Waals surface area contributed by atoms with Crippen molar-refractivity contribution >= 4 is 39.8 Å². The second-order valence-corrected chi connectivity index (χ2v) is 9.58. The van der Waals surface area contributed by atoms with Gasteiger partial charge in [-0.3, -0.25) is 19.3 Å². The monoisotopic (exact) mass is 440 g/mol. The fraction of sp³-hybridized carbons (Fsp3) is 0.500. The van der Waals surface area contributed by atoms with E-state index in [2.05, 4.69) is 4.98 Å². The summed E-state index contributed by atoms with van der Waals surface area (Å²) in [5.74, 6) is -0.169. The second-order valence-electron chi connectivity index (χ2n) is 8.75. The van der Waals surface area contributed by atoms with Crippen LogP contribution in [0.4, 0.5) is 10.8 Å². The number of carbonyl (C=O) groups is 3. The van der Waals surface area contributed by atoms with Gasteiger partial charge >= 0.3 is 5.97 Å². The van der Waals surface area contributed by atoms with Crippen molar-refractivity contribution < 1.29 is 19.1 Å². The molecule has 1 amide bonds. The Morgan fingerprint density at radius 2 is 1.87 bits per heavy atom. The van der Waals surface area contributed by atoms with Crippen LogP contribution in [0.25, 0.3) is 0 Å². The van der Waals surface area contributed by atoms with Crippen molar-refractivity contribution in [3.05, 3.63) is 40.4 Å². The molecule has 2 atom stereocenters. The fourth-order valence-electron chi connectivity index (χ4n) is 4.69. The molecule has 2 bridgehead atoms. The molecule has 7 heteroatoms. The van der Waals surface area contributed by atoms with Gasteiger partial charge in [-0.2, -0.15) is 0 Å². The molecular formula is C24H28N2O4S. The molecule has 0 N–H and O–H groups in total. The molecule has 2 aliphatic carbocycles. The molecule has 2 fully saturated rings. The molecule has 1 heterocycles. The highest BCUT2D eigenvalue weighted by atomic mass is 32.1. The first kappa shape index (κ1) is 21.7. The van der Waals surface area contributed by atoms with E-state index in [-0.39, 0.29) is 36.2 Å². The number of ketones is 1. The molecule has 2 aliphatic rings. The third-order valence-electron chi connectivity index (χ3n) is 6.54. The van der Waals surface area contributed by atoms with Crippen LogP contribution in [-0.4, -0.2) is 22.6 Å². The normalized spacial score (nSPS) is 22.8. The number of ether oxygens (including phenoxy) is 1. The van der Waals surface area contributed by atoms with E-state index in [1.165, 1.54) is 18.3 Å². The lowest BCUT2D eigenvalue weighted by atomic mass is 9.67. The van der Waals surface area contributed by atoms with Crippen molar-refractivity contribution in [2.75, 3.05) is 4.90 Å². The Balaban J connectivity index is 1.41. The van der Waals surface area contributed by atoms with Gasteiger partial charge in [0.15, 0.2) is 5.13 Å². The Morgan fingerprint density at radius 3 is 2.52 bits per heavy atom. The molecule has 2 aromatic rings. The van der Waals surface area contributed by atoms with Crippen molar-refractivity contribution in [2.24, 2.45) is 17.8 Å². The third-order valence-corrected chi connectivity index (χ3v) is 7.41. The zero-order chi connectivity index (χ0) is 22.1. The maximum Gasteiger partial charge on any atom is 0.309 e. The molecule has 0 aliphatic heterocycles. The molecule has 4 rings (SSSR count). The van der Waals surface area contributed by atoms with Crippen LogP contribution in [-0.2, 0) is 25.7 Å². The highest BCUT2D eigenvalue weighted by Crippen LogP contribution is 2.40. The Morgan fingerprint density at radius 1 is 1.16 bits per heavy atom. The van der Waals surface area contributed by atoms with Crippen LogP contribution >= 0.6 is 11.3 Å². The number of benzene rings is 1. The lowest BCUT2D eigenvalue weighted by Crippen LogP contribution is -2.39. The number of amides is 1. The molecule has 164 valence electrons. The van der Waals surface area contributed by atoms with Gasteiger partial charge in [0.25, 0.3) is 0 Å². The van der Waals surface area contributed by atoms with Crippen molar-refractivity contribution in [3.8, 4) is 0 Å². The summed E-state index contributed by atoms with van der Waals surface area (Å²) >= 11 is 1.35. The van der Waals surface area contributed by atoms with E-state index >= 15 is 0 Å². The number of nitrogens with zero attached hydrogens (tertiary/aromatic N) is 2. The van der Waals surface area contributed by atoms with E-state index in [1.807, 2.05) is 37.4 Å². The van der Waals surface area contributed by atoms with E-state index in [4.69, 9.17) is 4.74 Å². The second kappa shape index (κ2) is 8.91. The van der Waals surface area contributed by atoms with Crippen LogP contribution in [0.3, 0.4) is 0 Å². The number of carbonyl (C=O) groups excluding carboxylic acids is 3. The minimum atomic E-state index is -0.239. The first-order valence-electron chi connectivity index (χ1n) is 10.9. The van der Waals surface area contributed by atoms with Gasteiger partial charge < -0.3 is 4.74 Å². The predicted octanol–water partition coefficient (Wildman–Crippen LogP) is 4.88. The summed E-state index contributed by atoms with van der Waals surface area (Å²) in [6.07, 6.45) is 4.10. The van der Waals surface area contributed by atoms with Gasteiger partial charge in [-0.05, 0) is 62.8 Å². The standard InChI is InChI=1S/C24H28N2O4S/c1-14-7-8-21(9-15(14)2)26(16(3)27)24-25-20(13-31-24)12-30-23(29)19-10-17-5-4-6-18(11-19)22(17)28/h7-9,13,17-19H,4-6,10-12H2,1-3H3/t17-,18-/m0/s1. The summed E-state index contributed by atoms with van der Waals surface area (Å²) < 4.78 is 5.55. The van der Waals surface area contributed by atoms with Crippen LogP contribution in [0, 0.1) is 31.6 Å². The summed E-state index contributed by atoms with van der Waals surface area (Å²) in [7, 11) is 0. The summed E-state index contributed by atoms with van der Waals surface area (Å²) in [5.41, 5.74) is 3.65. The molecule has 0 unspecified atom stereocenters. The van der Waals surface area contributed by atoms with E-state index in [0.29, 0.717) is 29.5 Å². The van der Waals surface area contributed by atoms with Crippen molar-refractivity contribution in [2.45, 2.75) is 59.5 Å². The average Bonchev–Trinajstić information content (AvgIpc) is 3.17. The minimum Gasteiger partial charge on any atom is -0.459 e. The molecule has 1 aromatic heterocycles. The molecule has 6 nitrogen and oxygen atoms in total. The van der Waals surface area contributed by atoms with E-state index in [9.17, 15) is 14.4 Å². The predicted molar refractivity (Wildman–Crippen MR) is 119 cm³/mol. The number of aryl methyl sites for hydroxylation is 2. The number of rotatable bonds is 5. The van der Waals surface area contributed by atoms with Crippen LogP contribution < -0.4 is 4.90 Å². The highest BCUT2D eigenvalue weighted by Gasteiger charge is 2.41. The van der Waals surface area contributed by atoms with Crippen LogP contribution in [0.15, 0.2) is 23.6 Å². The Bertz CT molecular complexity index is 999. The zero-order valence-electron chi connectivity index (χ0n) is 18.2. The number of esters is 1. The van der Waals surface area contributed by atoms with Gasteiger partial charge in [-0.25, -0.2) is 4.98 Å². The number of hydrogen-bond acceptors (Lipinski definition) is 6. The lowest BCUT2D eigenvalue weighted by molar-refractivity contribution is -0.154. The van der Waals surface area contributed by atoms with Gasteiger partial charge in [0, 0.05) is 24.1 Å². The van der Waals surface area contributed by atoms with E-state index in [0.717, 1.165) is 36.1 Å². The molecule has 1 aromatic carbocycles. The summed E-state index contributed by atoms with van der Waals surface area (Å²) in [6, 6.07) is 5.87. The molecule has 0 radical (unpaired) electrons. The summed E-state index contributed by atoms with van der Waals surface area (Å²) in [5, 5.41) is 2.37. The fourth-order valence-corrected chi connectivity index (χ4v) is 5.56. The van der Waals surface area contributed by atoms with Crippen LogP contribution in [0.2, 0.25) is 0 Å². The van der Waals surface area contributed by atoms with Crippen molar-refractivity contribution in [3.63, 3.8) is 0 Å². The topological polar surface area (TPSA) is 76.6 Å². The minimum absolute atomic E-state index is 0.0259. The number of hydrogen-bond donors (Lipinski definition) is 0. The van der Waals surface area contributed by atoms with Gasteiger partial charge in [0.1, 0.15) is 12.4 Å². The molecule has 0 spiro atoms. The Hall–Kier alpha value is -2.54. The molecule has 2 saturated carbocycles. The SMILES string of the molecule is CC(=O)N(c1ccc(C)c(C)c1)c1nc(COC(=O)C2C[C@@H]3CCC[C@@H](C2)C3=O)cs1. The van der Waals surface area contributed by atoms with Crippen LogP contribution in [0.5, 0.6) is 0 Å². The average molecular weight is 441 g/mol. The largest absolute Gasteiger partial charge is 0.459 e. The Kier molecular flexibility index (Phi) is 6.23. The quantitative estimate of drug-likeness (QED) is 0.619. The molecule has 0 saturated heterocycles. The maximum absolute atomic E-state index is 12.6. The van der Waals surface area contributed by atoms with E-state index in [1.54, 1.807) is 4.90 Å². The third kappa shape index (κ3) is 4.56. The number of thiazole rings is 1. The molecule has 31 heavy (non-hydrogen) atoms. The zero-order valence-corrected chi connectivity index (χ0v) is 19.0. The van der Waals surface area contributed by atoms with Crippen LogP contribution in [0.1, 0.15) is 55.8 Å². The number of Topliss-reactive ketones (excluding diaryl/α,β-unsaturated/α-hetero) is 1. The number of aromatic nitrogens is 1. The van der Waals surface area contributed by atoms with Crippen molar-refractivity contribution in [1.29, 1.82) is 0 Å². The first-order chi connectivity index (χ1) is 14.8.